The lowest BCUT2D eigenvalue weighted by atomic mass is 10.0. The zero-order chi connectivity index (χ0) is 17.8. The first kappa shape index (κ1) is 17.5. The third kappa shape index (κ3) is 4.02. The minimum absolute atomic E-state index is 0.00736. The van der Waals surface area contributed by atoms with Crippen LogP contribution in [0.2, 0.25) is 0 Å². The smallest absolute Gasteiger partial charge is 0.408 e. The highest BCUT2D eigenvalue weighted by Crippen LogP contribution is 2.25. The Morgan fingerprint density at radius 1 is 1.24 bits per heavy atom. The van der Waals surface area contributed by atoms with Gasteiger partial charge in [0.1, 0.15) is 0 Å². The molecule has 0 aliphatic carbocycles. The molecule has 0 bridgehead atoms. The predicted molar refractivity (Wildman–Crippen MR) is 99.7 cm³/mol. The van der Waals surface area contributed by atoms with Gasteiger partial charge in [-0.15, -0.1) is 11.3 Å². The van der Waals surface area contributed by atoms with Gasteiger partial charge in [0.25, 0.3) is 0 Å². The quantitative estimate of drug-likeness (QED) is 0.695. The van der Waals surface area contributed by atoms with Gasteiger partial charge >= 0.3 is 5.76 Å². The number of thiophene rings is 1. The van der Waals surface area contributed by atoms with Crippen molar-refractivity contribution < 1.29 is 9.21 Å². The van der Waals surface area contributed by atoms with Crippen molar-refractivity contribution >= 4 is 28.3 Å². The van der Waals surface area contributed by atoms with Gasteiger partial charge in [0.15, 0.2) is 5.58 Å². The summed E-state index contributed by atoms with van der Waals surface area (Å²) in [7, 11) is 0. The number of hydrogen-bond donors (Lipinski definition) is 1. The number of amides is 1. The van der Waals surface area contributed by atoms with Gasteiger partial charge in [-0.25, -0.2) is 4.79 Å². The van der Waals surface area contributed by atoms with Crippen molar-refractivity contribution in [3.63, 3.8) is 0 Å². The molecule has 0 aliphatic heterocycles. The van der Waals surface area contributed by atoms with Gasteiger partial charge < -0.3 is 9.73 Å². The molecule has 5 nitrogen and oxygen atoms in total. The summed E-state index contributed by atoms with van der Waals surface area (Å²) >= 11 is 1.65. The van der Waals surface area contributed by atoms with Crippen LogP contribution in [0.25, 0.3) is 11.1 Å². The van der Waals surface area contributed by atoms with Crippen molar-refractivity contribution in [1.29, 1.82) is 0 Å². The molecule has 1 aromatic carbocycles. The lowest BCUT2D eigenvalue weighted by molar-refractivity contribution is -0.122. The molecular weight excluding hydrogens is 336 g/mol. The van der Waals surface area contributed by atoms with E-state index in [0.29, 0.717) is 30.9 Å². The average Bonchev–Trinajstić information content (AvgIpc) is 3.21. The lowest BCUT2D eigenvalue weighted by Gasteiger charge is -2.21. The Balaban J connectivity index is 1.59. The summed E-state index contributed by atoms with van der Waals surface area (Å²) in [6.07, 6.45) is 0.963. The molecule has 1 N–H and O–H groups in total. The number of carbonyl (C=O) groups is 1. The van der Waals surface area contributed by atoms with E-state index in [0.717, 1.165) is 5.52 Å². The van der Waals surface area contributed by atoms with Crippen LogP contribution >= 0.6 is 11.3 Å². The molecule has 1 amide bonds. The molecule has 3 aromatic rings. The molecule has 132 valence electrons. The van der Waals surface area contributed by atoms with Gasteiger partial charge in [-0.05, 0) is 35.9 Å². The molecule has 3 rings (SSSR count). The monoisotopic (exact) mass is 358 g/mol. The number of para-hydroxylation sites is 2. The second-order valence-corrected chi connectivity index (χ2v) is 7.37. The maximum atomic E-state index is 12.3. The molecule has 0 radical (unpaired) electrons. The van der Waals surface area contributed by atoms with E-state index in [9.17, 15) is 9.59 Å². The summed E-state index contributed by atoms with van der Waals surface area (Å²) in [6, 6.07) is 11.4. The van der Waals surface area contributed by atoms with Gasteiger partial charge in [-0.3, -0.25) is 9.36 Å². The van der Waals surface area contributed by atoms with E-state index >= 15 is 0 Å². The largest absolute Gasteiger partial charge is 0.419 e. The number of nitrogens with one attached hydrogen (secondary N) is 1. The fourth-order valence-electron chi connectivity index (χ4n) is 2.90. The summed E-state index contributed by atoms with van der Waals surface area (Å²) in [5.41, 5.74) is 1.35. The second kappa shape index (κ2) is 7.70. The van der Waals surface area contributed by atoms with Crippen LogP contribution in [-0.4, -0.2) is 10.5 Å². The number of benzene rings is 1. The van der Waals surface area contributed by atoms with Gasteiger partial charge in [0.2, 0.25) is 5.91 Å². The number of nitrogens with zero attached hydrogens (tertiary/aromatic N) is 1. The van der Waals surface area contributed by atoms with E-state index in [2.05, 4.69) is 19.2 Å². The molecule has 0 aliphatic rings. The van der Waals surface area contributed by atoms with Crippen molar-refractivity contribution in [2.75, 3.05) is 0 Å². The van der Waals surface area contributed by atoms with Crippen LogP contribution in [0, 0.1) is 5.92 Å². The molecular formula is C19H22N2O3S. The fraction of sp³-hybridized carbons (Fsp3) is 0.368. The Kier molecular flexibility index (Phi) is 5.38. The number of aryl methyl sites for hydroxylation is 1. The van der Waals surface area contributed by atoms with Crippen LogP contribution < -0.4 is 11.1 Å². The second-order valence-electron chi connectivity index (χ2n) is 6.40. The van der Waals surface area contributed by atoms with E-state index in [1.807, 2.05) is 35.7 Å². The first-order chi connectivity index (χ1) is 12.1. The fourth-order valence-corrected chi connectivity index (χ4v) is 3.85. The van der Waals surface area contributed by atoms with Crippen molar-refractivity contribution in [2.45, 2.75) is 39.3 Å². The lowest BCUT2D eigenvalue weighted by Crippen LogP contribution is -2.31. The Hall–Kier alpha value is -2.34. The van der Waals surface area contributed by atoms with E-state index in [-0.39, 0.29) is 17.7 Å². The summed E-state index contributed by atoms with van der Waals surface area (Å²) in [6.45, 7) is 4.66. The molecule has 2 aromatic heterocycles. The van der Waals surface area contributed by atoms with Crippen LogP contribution in [0.15, 0.2) is 51.0 Å². The van der Waals surface area contributed by atoms with Crippen molar-refractivity contribution in [2.24, 2.45) is 5.92 Å². The normalized spacial score (nSPS) is 12.6. The summed E-state index contributed by atoms with van der Waals surface area (Å²) in [5.74, 6) is -0.0452. The van der Waals surface area contributed by atoms with Crippen LogP contribution in [0.1, 0.15) is 37.6 Å². The molecule has 0 saturated carbocycles. The molecule has 0 fully saturated rings. The highest BCUT2D eigenvalue weighted by molar-refractivity contribution is 7.10. The minimum Gasteiger partial charge on any atom is -0.408 e. The Morgan fingerprint density at radius 2 is 2.04 bits per heavy atom. The van der Waals surface area contributed by atoms with Gasteiger partial charge in [0.05, 0.1) is 11.6 Å². The predicted octanol–water partition coefficient (Wildman–Crippen LogP) is 3.95. The highest BCUT2D eigenvalue weighted by Gasteiger charge is 2.19. The highest BCUT2D eigenvalue weighted by atomic mass is 32.1. The molecule has 0 saturated heterocycles. The zero-order valence-electron chi connectivity index (χ0n) is 14.4. The SMILES string of the molecule is CC(C)C(NC(=O)CCCn1c(=O)oc2ccccc21)c1cccs1. The molecule has 1 atom stereocenters. The summed E-state index contributed by atoms with van der Waals surface area (Å²) in [4.78, 5) is 25.4. The topological polar surface area (TPSA) is 64.2 Å². The summed E-state index contributed by atoms with van der Waals surface area (Å²) < 4.78 is 6.79. The first-order valence-corrected chi connectivity index (χ1v) is 9.35. The van der Waals surface area contributed by atoms with Crippen molar-refractivity contribution in [3.05, 3.63) is 57.2 Å². The number of rotatable bonds is 7. The van der Waals surface area contributed by atoms with Crippen molar-refractivity contribution in [3.8, 4) is 0 Å². The van der Waals surface area contributed by atoms with Crippen molar-refractivity contribution in [1.82, 2.24) is 9.88 Å². The van der Waals surface area contributed by atoms with Crippen LogP contribution in [-0.2, 0) is 11.3 Å². The Bertz CT molecular complexity index is 893. The maximum Gasteiger partial charge on any atom is 0.419 e. The molecule has 2 heterocycles. The molecule has 1 unspecified atom stereocenters. The minimum atomic E-state index is -0.375. The Labute approximate surface area is 150 Å². The van der Waals surface area contributed by atoms with Crippen LogP contribution in [0.3, 0.4) is 0 Å². The molecule has 0 spiro atoms. The number of oxazole rings is 1. The third-order valence-corrected chi connectivity index (χ3v) is 5.15. The van der Waals surface area contributed by atoms with Crippen LogP contribution in [0.4, 0.5) is 0 Å². The number of aromatic nitrogens is 1. The van der Waals surface area contributed by atoms with E-state index in [4.69, 9.17) is 4.42 Å². The van der Waals surface area contributed by atoms with E-state index in [1.165, 1.54) is 4.88 Å². The first-order valence-electron chi connectivity index (χ1n) is 8.47. The molecule has 6 heteroatoms. The third-order valence-electron chi connectivity index (χ3n) is 4.19. The van der Waals surface area contributed by atoms with Gasteiger partial charge in [-0.1, -0.05) is 32.0 Å². The summed E-state index contributed by atoms with van der Waals surface area (Å²) in [5, 5.41) is 5.13. The standard InChI is InChI=1S/C19H22N2O3S/c1-13(2)18(16-9-6-12-25-16)20-17(22)10-5-11-21-14-7-3-4-8-15(14)24-19(21)23/h3-4,6-9,12-13,18H,5,10-11H2,1-2H3,(H,20,22). The number of hydrogen-bond acceptors (Lipinski definition) is 4. The van der Waals surface area contributed by atoms with Gasteiger partial charge in [-0.2, -0.15) is 0 Å². The Morgan fingerprint density at radius 3 is 2.76 bits per heavy atom. The van der Waals surface area contributed by atoms with E-state index < -0.39 is 0 Å². The maximum absolute atomic E-state index is 12.3. The van der Waals surface area contributed by atoms with Crippen LogP contribution in [0.5, 0.6) is 0 Å². The zero-order valence-corrected chi connectivity index (χ0v) is 15.2. The number of carbonyl (C=O) groups excluding carboxylic acids is 1. The number of fused-ring (bicyclic) bond motifs is 1. The molecule has 25 heavy (non-hydrogen) atoms. The van der Waals surface area contributed by atoms with E-state index in [1.54, 1.807) is 22.0 Å². The van der Waals surface area contributed by atoms with Gasteiger partial charge in [0, 0.05) is 17.8 Å². The average molecular weight is 358 g/mol.